The molecular formula is C26H24N6O2S. The van der Waals surface area contributed by atoms with E-state index in [0.717, 1.165) is 11.3 Å². The zero-order valence-electron chi connectivity index (χ0n) is 19.3. The van der Waals surface area contributed by atoms with Gasteiger partial charge < -0.3 is 15.4 Å². The summed E-state index contributed by atoms with van der Waals surface area (Å²) in [7, 11) is 1.58. The lowest BCUT2D eigenvalue weighted by Gasteiger charge is -2.28. The molecule has 0 aliphatic carbocycles. The molecule has 2 aromatic carbocycles. The number of para-hydroxylation sites is 2. The molecule has 5 rings (SSSR count). The predicted octanol–water partition coefficient (Wildman–Crippen LogP) is 4.90. The summed E-state index contributed by atoms with van der Waals surface area (Å²) in [6.45, 7) is 1.88. The smallest absolute Gasteiger partial charge is 0.255 e. The highest BCUT2D eigenvalue weighted by atomic mass is 32.2. The van der Waals surface area contributed by atoms with Crippen LogP contribution >= 0.6 is 11.8 Å². The number of benzene rings is 2. The number of pyridine rings is 1. The first-order valence-electron chi connectivity index (χ1n) is 11.1. The Morgan fingerprint density at radius 1 is 1.09 bits per heavy atom. The van der Waals surface area contributed by atoms with Crippen LogP contribution in [0, 0.1) is 0 Å². The Balaban J connectivity index is 1.48. The van der Waals surface area contributed by atoms with Gasteiger partial charge in [0.1, 0.15) is 11.8 Å². The summed E-state index contributed by atoms with van der Waals surface area (Å²) in [6.07, 6.45) is 3.42. The average Bonchev–Trinajstić information content (AvgIpc) is 3.30. The van der Waals surface area contributed by atoms with Crippen LogP contribution in [-0.4, -0.2) is 32.8 Å². The van der Waals surface area contributed by atoms with Crippen molar-refractivity contribution in [1.82, 2.24) is 19.7 Å². The summed E-state index contributed by atoms with van der Waals surface area (Å²) in [5, 5.41) is 11.7. The molecule has 9 heteroatoms. The molecule has 2 N–H and O–H groups in total. The van der Waals surface area contributed by atoms with Crippen molar-refractivity contribution in [3.05, 3.63) is 102 Å². The highest BCUT2D eigenvalue weighted by Crippen LogP contribution is 2.37. The van der Waals surface area contributed by atoms with Crippen molar-refractivity contribution >= 4 is 29.3 Å². The quantitative estimate of drug-likeness (QED) is 0.360. The number of ether oxygens (including phenoxy) is 1. The Labute approximate surface area is 207 Å². The summed E-state index contributed by atoms with van der Waals surface area (Å²) in [5.41, 5.74) is 3.92. The van der Waals surface area contributed by atoms with Gasteiger partial charge in [-0.2, -0.15) is 4.98 Å². The summed E-state index contributed by atoms with van der Waals surface area (Å²) < 4.78 is 7.18. The zero-order valence-corrected chi connectivity index (χ0v) is 20.1. The Morgan fingerprint density at radius 3 is 2.60 bits per heavy atom. The highest BCUT2D eigenvalue weighted by molar-refractivity contribution is 7.98. The minimum atomic E-state index is -0.470. The average molecular weight is 485 g/mol. The van der Waals surface area contributed by atoms with Crippen LogP contribution in [0.15, 0.2) is 95.6 Å². The number of allylic oxidation sites excluding steroid dienone is 1. The normalized spacial score (nSPS) is 14.7. The number of hydrogen-bond donors (Lipinski definition) is 2. The van der Waals surface area contributed by atoms with Crippen molar-refractivity contribution < 1.29 is 9.53 Å². The molecular weight excluding hydrogens is 460 g/mol. The molecule has 2 aromatic heterocycles. The molecule has 4 aromatic rings. The number of hydrogen-bond acceptors (Lipinski definition) is 7. The van der Waals surface area contributed by atoms with Crippen LogP contribution in [0.3, 0.4) is 0 Å². The van der Waals surface area contributed by atoms with E-state index < -0.39 is 6.04 Å². The molecule has 0 fully saturated rings. The van der Waals surface area contributed by atoms with E-state index in [4.69, 9.17) is 14.8 Å². The number of aromatic nitrogens is 4. The molecule has 0 radical (unpaired) electrons. The summed E-state index contributed by atoms with van der Waals surface area (Å²) in [6, 6.07) is 20.8. The second-order valence-corrected chi connectivity index (χ2v) is 8.88. The molecule has 8 nitrogen and oxygen atoms in total. The van der Waals surface area contributed by atoms with Gasteiger partial charge in [-0.15, -0.1) is 5.10 Å². The maximum atomic E-state index is 13.6. The van der Waals surface area contributed by atoms with Gasteiger partial charge in [-0.25, -0.2) is 4.68 Å². The fourth-order valence-electron chi connectivity index (χ4n) is 4.00. The fraction of sp³-hybridized carbons (Fsp3) is 0.154. The van der Waals surface area contributed by atoms with Crippen molar-refractivity contribution in [3.63, 3.8) is 0 Å². The number of fused-ring (bicyclic) bond motifs is 1. The molecule has 3 heterocycles. The SMILES string of the molecule is COc1ccccc1NC(=O)C1=C(C)Nc2nc(SCc3ccccc3)nn2[C@@H]1c1ccncc1. The van der Waals surface area contributed by atoms with E-state index in [1.165, 1.54) is 5.56 Å². The van der Waals surface area contributed by atoms with Gasteiger partial charge in [-0.3, -0.25) is 9.78 Å². The maximum absolute atomic E-state index is 13.6. The fourth-order valence-corrected chi connectivity index (χ4v) is 4.79. The third kappa shape index (κ3) is 4.76. The van der Waals surface area contributed by atoms with E-state index in [2.05, 4.69) is 27.8 Å². The molecule has 35 heavy (non-hydrogen) atoms. The number of methoxy groups -OCH3 is 1. The minimum absolute atomic E-state index is 0.249. The zero-order chi connectivity index (χ0) is 24.2. The number of nitrogens with one attached hydrogen (secondary N) is 2. The number of anilines is 2. The second kappa shape index (κ2) is 10.0. The van der Waals surface area contributed by atoms with E-state index in [9.17, 15) is 4.79 Å². The van der Waals surface area contributed by atoms with Crippen molar-refractivity contribution in [3.8, 4) is 5.75 Å². The molecule has 0 bridgehead atoms. The lowest BCUT2D eigenvalue weighted by atomic mass is 9.96. The Hall–Kier alpha value is -4.11. The Kier molecular flexibility index (Phi) is 6.49. The summed E-state index contributed by atoms with van der Waals surface area (Å²) >= 11 is 1.55. The first-order chi connectivity index (χ1) is 17.1. The molecule has 1 aliphatic rings. The lowest BCUT2D eigenvalue weighted by Crippen LogP contribution is -2.31. The number of rotatable bonds is 7. The number of nitrogens with zero attached hydrogens (tertiary/aromatic N) is 4. The minimum Gasteiger partial charge on any atom is -0.495 e. The first kappa shape index (κ1) is 22.7. The highest BCUT2D eigenvalue weighted by Gasteiger charge is 2.34. The van der Waals surface area contributed by atoms with E-state index in [1.54, 1.807) is 35.9 Å². The Morgan fingerprint density at radius 2 is 1.83 bits per heavy atom. The van der Waals surface area contributed by atoms with Crippen molar-refractivity contribution in [2.24, 2.45) is 0 Å². The van der Waals surface area contributed by atoms with Gasteiger partial charge in [0.25, 0.3) is 5.91 Å². The molecule has 1 amide bonds. The molecule has 1 atom stereocenters. The topological polar surface area (TPSA) is 94.0 Å². The van der Waals surface area contributed by atoms with Crippen LogP contribution in [0.5, 0.6) is 5.75 Å². The lowest BCUT2D eigenvalue weighted by molar-refractivity contribution is -0.113. The van der Waals surface area contributed by atoms with E-state index in [1.807, 2.05) is 61.5 Å². The van der Waals surface area contributed by atoms with Crippen molar-refractivity contribution in [2.45, 2.75) is 23.9 Å². The number of amides is 1. The van der Waals surface area contributed by atoms with Gasteiger partial charge in [-0.05, 0) is 42.3 Å². The van der Waals surface area contributed by atoms with Gasteiger partial charge in [-0.1, -0.05) is 54.2 Å². The third-order valence-corrected chi connectivity index (χ3v) is 6.57. The molecule has 0 unspecified atom stereocenters. The number of thioether (sulfide) groups is 1. The van der Waals surface area contributed by atoms with Crippen LogP contribution in [0.25, 0.3) is 0 Å². The van der Waals surface area contributed by atoms with E-state index in [-0.39, 0.29) is 5.91 Å². The Bertz CT molecular complexity index is 1370. The molecule has 0 spiro atoms. The van der Waals surface area contributed by atoms with Crippen LogP contribution in [0.1, 0.15) is 24.1 Å². The van der Waals surface area contributed by atoms with Crippen LogP contribution in [0.2, 0.25) is 0 Å². The van der Waals surface area contributed by atoms with Gasteiger partial charge in [0.15, 0.2) is 0 Å². The number of carbonyl (C=O) groups is 1. The van der Waals surface area contributed by atoms with Gasteiger partial charge in [0, 0.05) is 23.8 Å². The van der Waals surface area contributed by atoms with Gasteiger partial charge in [0.05, 0.1) is 18.4 Å². The molecule has 0 saturated carbocycles. The van der Waals surface area contributed by atoms with Crippen LogP contribution in [0.4, 0.5) is 11.6 Å². The third-order valence-electron chi connectivity index (χ3n) is 5.67. The molecule has 0 saturated heterocycles. The standard InChI is InChI=1S/C26H24N6O2S/c1-17-22(24(33)29-20-10-6-7-11-21(20)34-2)23(19-12-14-27-15-13-19)32-25(28-17)30-26(31-32)35-16-18-8-4-3-5-9-18/h3-15,23H,16H2,1-2H3,(H,29,33)(H,28,30,31)/t23-/m1/s1. The molecule has 1 aliphatic heterocycles. The van der Waals surface area contributed by atoms with Crippen molar-refractivity contribution in [1.29, 1.82) is 0 Å². The number of carbonyl (C=O) groups excluding carboxylic acids is 1. The predicted molar refractivity (Wildman–Crippen MR) is 136 cm³/mol. The first-order valence-corrected chi connectivity index (χ1v) is 12.1. The largest absolute Gasteiger partial charge is 0.495 e. The van der Waals surface area contributed by atoms with Crippen LogP contribution < -0.4 is 15.4 Å². The summed E-state index contributed by atoms with van der Waals surface area (Å²) in [4.78, 5) is 22.5. The van der Waals surface area contributed by atoms with Crippen LogP contribution in [-0.2, 0) is 10.5 Å². The van der Waals surface area contributed by atoms with Gasteiger partial charge >= 0.3 is 0 Å². The summed E-state index contributed by atoms with van der Waals surface area (Å²) in [5.74, 6) is 1.68. The van der Waals surface area contributed by atoms with Gasteiger partial charge in [0.2, 0.25) is 11.1 Å². The van der Waals surface area contributed by atoms with Crippen molar-refractivity contribution in [2.75, 3.05) is 17.7 Å². The van der Waals surface area contributed by atoms with E-state index in [0.29, 0.717) is 33.8 Å². The second-order valence-electron chi connectivity index (χ2n) is 7.94. The van der Waals surface area contributed by atoms with E-state index >= 15 is 0 Å². The molecule has 176 valence electrons. The maximum Gasteiger partial charge on any atom is 0.255 e. The monoisotopic (exact) mass is 484 g/mol.